The number of hydrogen-bond donors (Lipinski definition) is 3. The Hall–Kier alpha value is -2.84. The zero-order chi connectivity index (χ0) is 19.0. The molecule has 2 unspecified atom stereocenters. The van der Waals surface area contributed by atoms with E-state index in [1.54, 1.807) is 6.07 Å². The van der Waals surface area contributed by atoms with E-state index >= 15 is 0 Å². The monoisotopic (exact) mass is 360 g/mol. The maximum Gasteiger partial charge on any atom is 0.226 e. The number of nitrogens with zero attached hydrogens (tertiary/aromatic N) is 1. The minimum atomic E-state index is -0.657. The topological polar surface area (TPSA) is 105 Å². The lowest BCUT2D eigenvalue weighted by molar-refractivity contribution is -0.142. The second-order valence-electron chi connectivity index (χ2n) is 7.71. The predicted octanol–water partition coefficient (Wildman–Crippen LogP) is 2.87. The summed E-state index contributed by atoms with van der Waals surface area (Å²) >= 11 is 0. The fourth-order valence-electron chi connectivity index (χ4n) is 4.91. The van der Waals surface area contributed by atoms with E-state index in [2.05, 4.69) is 23.5 Å². The molecular formula is C22H24N4O. The molecule has 1 aliphatic heterocycles. The third kappa shape index (κ3) is 2.77. The van der Waals surface area contributed by atoms with Crippen molar-refractivity contribution in [1.82, 2.24) is 0 Å². The number of hydrogen-bond acceptors (Lipinski definition) is 4. The van der Waals surface area contributed by atoms with Gasteiger partial charge in [0.1, 0.15) is 0 Å². The molecule has 1 aliphatic carbocycles. The number of nitrogens with two attached hydrogens (primary N) is 2. The zero-order valence-corrected chi connectivity index (χ0v) is 15.2. The van der Waals surface area contributed by atoms with Crippen LogP contribution in [0.15, 0.2) is 48.5 Å². The summed E-state index contributed by atoms with van der Waals surface area (Å²) < 4.78 is 0. The van der Waals surface area contributed by atoms with Gasteiger partial charge in [-0.2, -0.15) is 5.26 Å². The summed E-state index contributed by atoms with van der Waals surface area (Å²) in [5, 5.41) is 12.7. The second-order valence-corrected chi connectivity index (χ2v) is 7.71. The van der Waals surface area contributed by atoms with E-state index in [0.29, 0.717) is 5.56 Å². The standard InChI is InChI=1S/C22H24N4O/c23-13-14-4-3-6-16(12-14)20(24)17-10-11-22(17,21(25)27)19-9-8-15-5-1-2-7-18(15)26-19/h1-7,12,17,19-20,26H,8-11,24H2,(H2,25,27)/t17-,19?,20?,22-/m1/s1. The van der Waals surface area contributed by atoms with E-state index in [0.717, 1.165) is 36.9 Å². The molecule has 27 heavy (non-hydrogen) atoms. The molecule has 1 amide bonds. The van der Waals surface area contributed by atoms with Gasteiger partial charge in [-0.25, -0.2) is 0 Å². The van der Waals surface area contributed by atoms with Gasteiger partial charge in [0.15, 0.2) is 0 Å². The Labute approximate surface area is 159 Å². The summed E-state index contributed by atoms with van der Waals surface area (Å²) in [5.41, 5.74) is 15.7. The number of carbonyl (C=O) groups is 1. The Balaban J connectivity index is 1.64. The number of nitrogens with one attached hydrogen (secondary N) is 1. The minimum absolute atomic E-state index is 0.0196. The fraction of sp³-hybridized carbons (Fsp3) is 0.364. The molecule has 1 fully saturated rings. The van der Waals surface area contributed by atoms with Crippen LogP contribution in [0.4, 0.5) is 5.69 Å². The predicted molar refractivity (Wildman–Crippen MR) is 105 cm³/mol. The van der Waals surface area contributed by atoms with Gasteiger partial charge >= 0.3 is 0 Å². The van der Waals surface area contributed by atoms with E-state index < -0.39 is 5.41 Å². The van der Waals surface area contributed by atoms with Crippen LogP contribution in [0.1, 0.15) is 42.0 Å². The molecule has 0 spiro atoms. The first-order chi connectivity index (χ1) is 13.1. The first-order valence-electron chi connectivity index (χ1n) is 9.46. The quantitative estimate of drug-likeness (QED) is 0.779. The molecular weight excluding hydrogens is 336 g/mol. The van der Waals surface area contributed by atoms with Crippen molar-refractivity contribution in [1.29, 1.82) is 5.26 Å². The van der Waals surface area contributed by atoms with E-state index in [4.69, 9.17) is 16.7 Å². The average Bonchev–Trinajstić information content (AvgIpc) is 2.67. The summed E-state index contributed by atoms with van der Waals surface area (Å²) in [5.74, 6) is -0.311. The van der Waals surface area contributed by atoms with Gasteiger partial charge in [-0.1, -0.05) is 30.3 Å². The van der Waals surface area contributed by atoms with Crippen molar-refractivity contribution in [2.75, 3.05) is 5.32 Å². The number of carbonyl (C=O) groups excluding carboxylic acids is 1. The minimum Gasteiger partial charge on any atom is -0.381 e. The Kier molecular flexibility index (Phi) is 4.37. The summed E-state index contributed by atoms with van der Waals surface area (Å²) in [7, 11) is 0. The van der Waals surface area contributed by atoms with Crippen LogP contribution in [0.5, 0.6) is 0 Å². The summed E-state index contributed by atoms with van der Waals surface area (Å²) in [6.07, 6.45) is 3.40. The van der Waals surface area contributed by atoms with Gasteiger partial charge in [0.05, 0.1) is 17.0 Å². The molecule has 4 rings (SSSR count). The third-order valence-electron chi connectivity index (χ3n) is 6.49. The van der Waals surface area contributed by atoms with Gasteiger partial charge in [-0.3, -0.25) is 4.79 Å². The van der Waals surface area contributed by atoms with Crippen molar-refractivity contribution < 1.29 is 4.79 Å². The SMILES string of the molecule is N#Cc1cccc(C(N)[C@H]2CC[C@]2(C(N)=O)C2CCc3ccccc3N2)c1. The van der Waals surface area contributed by atoms with Crippen LogP contribution >= 0.6 is 0 Å². The normalized spacial score (nSPS) is 27.4. The number of fused-ring (bicyclic) bond motifs is 1. The van der Waals surface area contributed by atoms with Gasteiger partial charge in [0, 0.05) is 17.8 Å². The molecule has 1 heterocycles. The Morgan fingerprint density at radius 1 is 1.22 bits per heavy atom. The van der Waals surface area contributed by atoms with Crippen LogP contribution in [0, 0.1) is 22.7 Å². The van der Waals surface area contributed by atoms with Crippen LogP contribution in [-0.2, 0) is 11.2 Å². The maximum atomic E-state index is 12.7. The summed E-state index contributed by atoms with van der Waals surface area (Å²) in [6, 6.07) is 17.4. The van der Waals surface area contributed by atoms with Crippen molar-refractivity contribution in [3.8, 4) is 6.07 Å². The van der Waals surface area contributed by atoms with Crippen molar-refractivity contribution >= 4 is 11.6 Å². The number of rotatable bonds is 4. The molecule has 5 heteroatoms. The summed E-state index contributed by atoms with van der Waals surface area (Å²) in [4.78, 5) is 12.7. The lowest BCUT2D eigenvalue weighted by Gasteiger charge is -2.55. The first kappa shape index (κ1) is 17.6. The Bertz CT molecular complexity index is 919. The number of benzene rings is 2. The number of nitriles is 1. The zero-order valence-electron chi connectivity index (χ0n) is 15.2. The van der Waals surface area contributed by atoms with Crippen molar-refractivity contribution in [3.05, 3.63) is 65.2 Å². The van der Waals surface area contributed by atoms with Crippen LogP contribution in [0.2, 0.25) is 0 Å². The van der Waals surface area contributed by atoms with E-state index in [1.807, 2.05) is 30.3 Å². The number of para-hydroxylation sites is 1. The lowest BCUT2D eigenvalue weighted by Crippen LogP contribution is -2.62. The number of primary amides is 1. The highest BCUT2D eigenvalue weighted by atomic mass is 16.1. The smallest absolute Gasteiger partial charge is 0.226 e. The van der Waals surface area contributed by atoms with Crippen molar-refractivity contribution in [3.63, 3.8) is 0 Å². The third-order valence-corrected chi connectivity index (χ3v) is 6.49. The van der Waals surface area contributed by atoms with Crippen molar-refractivity contribution in [2.24, 2.45) is 22.8 Å². The van der Waals surface area contributed by atoms with E-state index in [9.17, 15) is 4.79 Å². The number of amides is 1. The highest BCUT2D eigenvalue weighted by molar-refractivity contribution is 5.84. The summed E-state index contributed by atoms with van der Waals surface area (Å²) in [6.45, 7) is 0. The van der Waals surface area contributed by atoms with Gasteiger partial charge < -0.3 is 16.8 Å². The highest BCUT2D eigenvalue weighted by Gasteiger charge is 2.58. The lowest BCUT2D eigenvalue weighted by atomic mass is 9.52. The molecule has 2 aromatic rings. The molecule has 5 nitrogen and oxygen atoms in total. The molecule has 2 aromatic carbocycles. The van der Waals surface area contributed by atoms with Gasteiger partial charge in [0.2, 0.25) is 5.91 Å². The molecule has 0 radical (unpaired) electrons. The number of anilines is 1. The van der Waals surface area contributed by atoms with Crippen LogP contribution < -0.4 is 16.8 Å². The molecule has 0 saturated heterocycles. The van der Waals surface area contributed by atoms with Crippen LogP contribution in [0.25, 0.3) is 0 Å². The molecule has 5 N–H and O–H groups in total. The fourth-order valence-corrected chi connectivity index (χ4v) is 4.91. The first-order valence-corrected chi connectivity index (χ1v) is 9.46. The molecule has 4 atom stereocenters. The second kappa shape index (κ2) is 6.71. The van der Waals surface area contributed by atoms with E-state index in [1.165, 1.54) is 5.56 Å². The van der Waals surface area contributed by atoms with Crippen molar-refractivity contribution in [2.45, 2.75) is 37.8 Å². The average molecular weight is 360 g/mol. The van der Waals surface area contributed by atoms with Gasteiger partial charge in [0.25, 0.3) is 0 Å². The molecule has 1 saturated carbocycles. The molecule has 2 aliphatic rings. The highest BCUT2D eigenvalue weighted by Crippen LogP contribution is 2.56. The van der Waals surface area contributed by atoms with Crippen LogP contribution in [-0.4, -0.2) is 11.9 Å². The van der Waals surface area contributed by atoms with Gasteiger partial charge in [-0.05, 0) is 60.9 Å². The number of aryl methyl sites for hydroxylation is 1. The van der Waals surface area contributed by atoms with E-state index in [-0.39, 0.29) is 23.9 Å². The Morgan fingerprint density at radius 2 is 2.04 bits per heavy atom. The van der Waals surface area contributed by atoms with Crippen LogP contribution in [0.3, 0.4) is 0 Å². The maximum absolute atomic E-state index is 12.7. The largest absolute Gasteiger partial charge is 0.381 e. The molecule has 138 valence electrons. The Morgan fingerprint density at radius 3 is 2.74 bits per heavy atom. The molecule has 0 aromatic heterocycles. The van der Waals surface area contributed by atoms with Gasteiger partial charge in [-0.15, -0.1) is 0 Å². The molecule has 0 bridgehead atoms.